The normalized spacial score (nSPS) is 24.1. The topological polar surface area (TPSA) is 79.0 Å². The number of amides is 3. The number of nitrogens with one attached hydrogen (secondary N) is 1. The van der Waals surface area contributed by atoms with Crippen LogP contribution in [-0.2, 0) is 14.3 Å². The van der Waals surface area contributed by atoms with E-state index in [1.165, 1.54) is 33.7 Å². The molecule has 1 N–H and O–H groups in total. The molecule has 3 amide bonds. The highest BCUT2D eigenvalue weighted by atomic mass is 79.9. The number of ether oxygens (including phenoxy) is 1. The van der Waals surface area contributed by atoms with Crippen molar-refractivity contribution in [2.45, 2.75) is 30.6 Å². The molecular weight excluding hydrogens is 465 g/mol. The predicted molar refractivity (Wildman–Crippen MR) is 112 cm³/mol. The van der Waals surface area contributed by atoms with Crippen LogP contribution in [0.1, 0.15) is 19.3 Å². The zero-order valence-corrected chi connectivity index (χ0v) is 17.8. The molecule has 29 heavy (non-hydrogen) atoms. The Morgan fingerprint density at radius 1 is 1.34 bits per heavy atom. The first-order valence-corrected chi connectivity index (χ1v) is 11.0. The lowest BCUT2D eigenvalue weighted by molar-refractivity contribution is -0.121. The molecule has 3 heterocycles. The second kappa shape index (κ2) is 8.35. The fourth-order valence-electron chi connectivity index (χ4n) is 3.54. The number of cyclic esters (lactones) is 1. The van der Waals surface area contributed by atoms with Gasteiger partial charge in [0.05, 0.1) is 29.7 Å². The molecule has 4 rings (SSSR count). The van der Waals surface area contributed by atoms with Crippen molar-refractivity contribution < 1.29 is 23.5 Å². The van der Waals surface area contributed by atoms with Crippen molar-refractivity contribution in [1.29, 1.82) is 0 Å². The summed E-state index contributed by atoms with van der Waals surface area (Å²) in [5.41, 5.74) is 0.581. The molecule has 0 aromatic heterocycles. The maximum atomic E-state index is 14.6. The van der Waals surface area contributed by atoms with Crippen molar-refractivity contribution in [1.82, 2.24) is 5.32 Å². The van der Waals surface area contributed by atoms with E-state index in [1.807, 2.05) is 6.08 Å². The molecule has 0 spiro atoms. The summed E-state index contributed by atoms with van der Waals surface area (Å²) in [4.78, 5) is 39.0. The summed E-state index contributed by atoms with van der Waals surface area (Å²) in [5.74, 6) is -0.768. The fourth-order valence-corrected chi connectivity index (χ4v) is 5.26. The number of hydrogen-bond donors (Lipinski definition) is 1. The first-order chi connectivity index (χ1) is 13.9. The number of carbonyl (C=O) groups is 3. The summed E-state index contributed by atoms with van der Waals surface area (Å²) < 4.78 is 20.8. The Kier molecular flexibility index (Phi) is 5.82. The summed E-state index contributed by atoms with van der Waals surface area (Å²) in [6.45, 7) is 0.896. The number of benzene rings is 1. The van der Waals surface area contributed by atoms with Gasteiger partial charge in [0.2, 0.25) is 11.8 Å². The van der Waals surface area contributed by atoms with Crippen LogP contribution in [0.25, 0.3) is 0 Å². The number of thioether (sulfide) groups is 1. The predicted octanol–water partition coefficient (Wildman–Crippen LogP) is 3.14. The number of allylic oxidation sites excluding steroid dienone is 1. The molecule has 1 unspecified atom stereocenters. The zero-order chi connectivity index (χ0) is 20.5. The maximum Gasteiger partial charge on any atom is 0.414 e. The fraction of sp³-hybridized carbons (Fsp3) is 0.421. The Bertz CT molecular complexity index is 896. The third-order valence-corrected chi connectivity index (χ3v) is 6.99. The van der Waals surface area contributed by atoms with Crippen LogP contribution in [0.3, 0.4) is 0 Å². The molecule has 0 radical (unpaired) electrons. The molecule has 0 bridgehead atoms. The van der Waals surface area contributed by atoms with Crippen molar-refractivity contribution >= 4 is 57.0 Å². The van der Waals surface area contributed by atoms with E-state index >= 15 is 0 Å². The molecule has 10 heteroatoms. The van der Waals surface area contributed by atoms with Gasteiger partial charge in [-0.15, -0.1) is 11.8 Å². The van der Waals surface area contributed by atoms with Gasteiger partial charge in [-0.3, -0.25) is 14.5 Å². The minimum absolute atomic E-state index is 0.101. The molecule has 1 aromatic carbocycles. The minimum Gasteiger partial charge on any atom is -0.442 e. The van der Waals surface area contributed by atoms with Gasteiger partial charge in [0.1, 0.15) is 11.9 Å². The molecule has 2 atom stereocenters. The highest BCUT2D eigenvalue weighted by Gasteiger charge is 2.34. The number of nitrogens with zero attached hydrogens (tertiary/aromatic N) is 2. The smallest absolute Gasteiger partial charge is 0.414 e. The molecule has 3 aliphatic heterocycles. The average molecular weight is 484 g/mol. The van der Waals surface area contributed by atoms with Crippen molar-refractivity contribution in [2.75, 3.05) is 29.4 Å². The van der Waals surface area contributed by atoms with E-state index < -0.39 is 18.0 Å². The van der Waals surface area contributed by atoms with E-state index in [4.69, 9.17) is 4.74 Å². The van der Waals surface area contributed by atoms with E-state index in [0.717, 1.165) is 3.81 Å². The van der Waals surface area contributed by atoms with Gasteiger partial charge in [-0.1, -0.05) is 6.08 Å². The number of carbonyl (C=O) groups excluding carboxylic acids is 3. The first kappa shape index (κ1) is 20.2. The Labute approximate surface area is 179 Å². The van der Waals surface area contributed by atoms with Gasteiger partial charge in [0, 0.05) is 16.8 Å². The number of halogens is 2. The summed E-state index contributed by atoms with van der Waals surface area (Å²) in [7, 11) is 0. The lowest BCUT2D eigenvalue weighted by Gasteiger charge is -2.19. The van der Waals surface area contributed by atoms with Gasteiger partial charge in [0.15, 0.2) is 0 Å². The molecule has 0 saturated carbocycles. The number of anilines is 2. The quantitative estimate of drug-likeness (QED) is 0.695. The molecule has 7 nitrogen and oxygen atoms in total. The third-order valence-electron chi connectivity index (χ3n) is 5.02. The maximum absolute atomic E-state index is 14.6. The SMILES string of the molecule is O=C(NC[C@H]1CN(c2ccc(N3CCCC3=O)c(F)c2)C(=O)O1)C1CC=C(Br)S1. The molecule has 0 aliphatic carbocycles. The average Bonchev–Trinajstić information content (AvgIpc) is 3.40. The molecule has 3 aliphatic rings. The van der Waals surface area contributed by atoms with E-state index in [1.54, 1.807) is 6.07 Å². The Hall–Kier alpha value is -2.07. The molecule has 2 fully saturated rings. The molecule has 1 aromatic rings. The van der Waals surface area contributed by atoms with Gasteiger partial charge in [-0.05, 0) is 47.0 Å². The standard InChI is InChI=1S/C19H19BrFN3O4S/c20-16-6-5-15(29-16)18(26)22-9-12-10-24(19(27)28-12)11-3-4-14(13(21)8-11)23-7-1-2-17(23)25/h3-4,6,8,12,15H,1-2,5,7,9-10H2,(H,22,26)/t12-,15?/m0/s1. The summed E-state index contributed by atoms with van der Waals surface area (Å²) in [6, 6.07) is 4.35. The Morgan fingerprint density at radius 2 is 2.17 bits per heavy atom. The van der Waals surface area contributed by atoms with Crippen LogP contribution in [0.5, 0.6) is 0 Å². The van der Waals surface area contributed by atoms with Crippen molar-refractivity contribution in [3.05, 3.63) is 33.9 Å². The molecule has 2 saturated heterocycles. The number of rotatable bonds is 5. The second-order valence-electron chi connectivity index (χ2n) is 7.00. The monoisotopic (exact) mass is 483 g/mol. The van der Waals surface area contributed by atoms with Crippen molar-refractivity contribution in [2.24, 2.45) is 0 Å². The van der Waals surface area contributed by atoms with Gasteiger partial charge >= 0.3 is 6.09 Å². The largest absolute Gasteiger partial charge is 0.442 e. The van der Waals surface area contributed by atoms with E-state index in [2.05, 4.69) is 21.2 Å². The molecular formula is C19H19BrFN3O4S. The highest BCUT2D eigenvalue weighted by Crippen LogP contribution is 2.36. The lowest BCUT2D eigenvalue weighted by atomic mass is 10.2. The van der Waals surface area contributed by atoms with Crippen LogP contribution < -0.4 is 15.1 Å². The second-order valence-corrected chi connectivity index (χ2v) is 9.62. The summed E-state index contributed by atoms with van der Waals surface area (Å²) in [5, 5.41) is 2.62. The van der Waals surface area contributed by atoms with Gasteiger partial charge < -0.3 is 15.0 Å². The van der Waals surface area contributed by atoms with Gasteiger partial charge in [0.25, 0.3) is 0 Å². The summed E-state index contributed by atoms with van der Waals surface area (Å²) >= 11 is 4.80. The van der Waals surface area contributed by atoms with E-state index in [9.17, 15) is 18.8 Å². The Balaban J connectivity index is 1.36. The minimum atomic E-state index is -0.590. The van der Waals surface area contributed by atoms with E-state index in [-0.39, 0.29) is 35.8 Å². The van der Waals surface area contributed by atoms with E-state index in [0.29, 0.717) is 31.5 Å². The summed E-state index contributed by atoms with van der Waals surface area (Å²) in [6.07, 6.45) is 2.61. The van der Waals surface area contributed by atoms with Crippen LogP contribution in [0.4, 0.5) is 20.6 Å². The van der Waals surface area contributed by atoms with Crippen LogP contribution in [0.2, 0.25) is 0 Å². The van der Waals surface area contributed by atoms with Crippen LogP contribution in [0.15, 0.2) is 28.1 Å². The Morgan fingerprint density at radius 3 is 2.83 bits per heavy atom. The van der Waals surface area contributed by atoms with Gasteiger partial charge in [-0.25, -0.2) is 9.18 Å². The molecule has 154 valence electrons. The first-order valence-electron chi connectivity index (χ1n) is 9.30. The van der Waals surface area contributed by atoms with Gasteiger partial charge in [-0.2, -0.15) is 0 Å². The highest BCUT2D eigenvalue weighted by molar-refractivity contribution is 9.14. The zero-order valence-electron chi connectivity index (χ0n) is 15.4. The van der Waals surface area contributed by atoms with Crippen molar-refractivity contribution in [3.8, 4) is 0 Å². The van der Waals surface area contributed by atoms with Crippen LogP contribution >= 0.6 is 27.7 Å². The van der Waals surface area contributed by atoms with Crippen LogP contribution in [0, 0.1) is 5.82 Å². The number of hydrogen-bond acceptors (Lipinski definition) is 5. The van der Waals surface area contributed by atoms with Crippen LogP contribution in [-0.4, -0.2) is 48.9 Å². The third kappa shape index (κ3) is 4.28. The van der Waals surface area contributed by atoms with Crippen molar-refractivity contribution in [3.63, 3.8) is 0 Å². The lowest BCUT2D eigenvalue weighted by Crippen LogP contribution is -2.38.